The number of benzene rings is 2. The van der Waals surface area contributed by atoms with Gasteiger partial charge in [0.05, 0.1) is 11.5 Å². The highest BCUT2D eigenvalue weighted by Crippen LogP contribution is 2.17. The smallest absolute Gasteiger partial charge is 0.271 e. The topological polar surface area (TPSA) is 75.5 Å². The highest BCUT2D eigenvalue weighted by atomic mass is 79.9. The first kappa shape index (κ1) is 17.1. The molecule has 0 spiro atoms. The van der Waals surface area contributed by atoms with E-state index in [-0.39, 0.29) is 18.1 Å². The lowest BCUT2D eigenvalue weighted by Gasteiger charge is -2.16. The van der Waals surface area contributed by atoms with Crippen LogP contribution in [0, 0.1) is 10.1 Å². The zero-order chi connectivity index (χ0) is 16.8. The van der Waals surface area contributed by atoms with Gasteiger partial charge in [0.15, 0.2) is 0 Å². The first-order chi connectivity index (χ1) is 10.9. The van der Waals surface area contributed by atoms with Gasteiger partial charge in [-0.1, -0.05) is 34.1 Å². The number of nitro groups is 1. The van der Waals surface area contributed by atoms with Gasteiger partial charge in [0.1, 0.15) is 0 Å². The van der Waals surface area contributed by atoms with Gasteiger partial charge in [-0.3, -0.25) is 19.8 Å². The van der Waals surface area contributed by atoms with Gasteiger partial charge in [0, 0.05) is 28.8 Å². The summed E-state index contributed by atoms with van der Waals surface area (Å²) in [6, 6.07) is 13.8. The number of nitrogens with zero attached hydrogens (tertiary/aromatic N) is 2. The molecule has 0 aliphatic carbocycles. The molecule has 2 aromatic rings. The maximum atomic E-state index is 12.0. The Balaban J connectivity index is 1.91. The Hall–Kier alpha value is -2.25. The molecular formula is C16H16BrN3O3. The Bertz CT molecular complexity index is 721. The number of anilines is 1. The van der Waals surface area contributed by atoms with E-state index in [4.69, 9.17) is 0 Å². The molecule has 0 fully saturated rings. The highest BCUT2D eigenvalue weighted by Gasteiger charge is 2.10. The van der Waals surface area contributed by atoms with Crippen LogP contribution in [0.2, 0.25) is 0 Å². The number of halogens is 1. The fourth-order valence-corrected chi connectivity index (χ4v) is 2.59. The molecule has 2 aromatic carbocycles. The summed E-state index contributed by atoms with van der Waals surface area (Å²) < 4.78 is 0.990. The van der Waals surface area contributed by atoms with Crippen LogP contribution < -0.4 is 5.32 Å². The number of amides is 1. The fourth-order valence-electron chi connectivity index (χ4n) is 2.15. The minimum Gasteiger partial charge on any atom is -0.325 e. The standard InChI is InChI=1S/C16H16BrN3O3/c1-19(10-12-4-2-5-13(17)8-12)11-16(21)18-14-6-3-7-15(9-14)20(22)23/h2-9H,10-11H2,1H3,(H,18,21). The first-order valence-corrected chi connectivity index (χ1v) is 7.70. The van der Waals surface area contributed by atoms with E-state index in [2.05, 4.69) is 21.2 Å². The molecule has 2 rings (SSSR count). The van der Waals surface area contributed by atoms with Crippen LogP contribution in [-0.2, 0) is 11.3 Å². The summed E-state index contributed by atoms with van der Waals surface area (Å²) >= 11 is 3.41. The molecule has 7 heteroatoms. The molecule has 1 amide bonds. The average molecular weight is 378 g/mol. The second-order valence-corrected chi connectivity index (χ2v) is 6.07. The van der Waals surface area contributed by atoms with Crippen molar-refractivity contribution in [2.24, 2.45) is 0 Å². The summed E-state index contributed by atoms with van der Waals surface area (Å²) in [5.41, 5.74) is 1.45. The number of carbonyl (C=O) groups is 1. The second kappa shape index (κ2) is 7.85. The molecule has 1 N–H and O–H groups in total. The Labute approximate surface area is 142 Å². The van der Waals surface area contributed by atoms with Crippen molar-refractivity contribution in [3.63, 3.8) is 0 Å². The van der Waals surface area contributed by atoms with E-state index < -0.39 is 4.92 Å². The molecule has 0 radical (unpaired) electrons. The molecule has 0 heterocycles. The zero-order valence-electron chi connectivity index (χ0n) is 12.5. The van der Waals surface area contributed by atoms with E-state index in [1.807, 2.05) is 36.2 Å². The van der Waals surface area contributed by atoms with Gasteiger partial charge in [-0.25, -0.2) is 0 Å². The van der Waals surface area contributed by atoms with Crippen LogP contribution in [0.5, 0.6) is 0 Å². The van der Waals surface area contributed by atoms with Gasteiger partial charge >= 0.3 is 0 Å². The normalized spacial score (nSPS) is 10.6. The van der Waals surface area contributed by atoms with Crippen LogP contribution in [0.1, 0.15) is 5.56 Å². The molecule has 0 aliphatic rings. The average Bonchev–Trinajstić information content (AvgIpc) is 2.47. The Kier molecular flexibility index (Phi) is 5.84. The summed E-state index contributed by atoms with van der Waals surface area (Å²) in [6.07, 6.45) is 0. The Morgan fingerprint density at radius 3 is 2.70 bits per heavy atom. The molecule has 0 unspecified atom stereocenters. The number of hydrogen-bond donors (Lipinski definition) is 1. The van der Waals surface area contributed by atoms with Crippen molar-refractivity contribution in [3.8, 4) is 0 Å². The van der Waals surface area contributed by atoms with E-state index in [0.29, 0.717) is 12.2 Å². The molecule has 23 heavy (non-hydrogen) atoms. The number of nitro benzene ring substituents is 1. The zero-order valence-corrected chi connectivity index (χ0v) is 14.1. The maximum Gasteiger partial charge on any atom is 0.271 e. The molecule has 0 saturated carbocycles. The van der Waals surface area contributed by atoms with Gasteiger partial charge < -0.3 is 5.32 Å². The quantitative estimate of drug-likeness (QED) is 0.617. The van der Waals surface area contributed by atoms with Crippen molar-refractivity contribution >= 4 is 33.2 Å². The van der Waals surface area contributed by atoms with Crippen LogP contribution in [0.25, 0.3) is 0 Å². The van der Waals surface area contributed by atoms with Crippen LogP contribution in [0.4, 0.5) is 11.4 Å². The van der Waals surface area contributed by atoms with E-state index in [1.165, 1.54) is 12.1 Å². The van der Waals surface area contributed by atoms with E-state index in [0.717, 1.165) is 10.0 Å². The van der Waals surface area contributed by atoms with Gasteiger partial charge in [-0.2, -0.15) is 0 Å². The summed E-state index contributed by atoms with van der Waals surface area (Å²) in [7, 11) is 1.84. The summed E-state index contributed by atoms with van der Waals surface area (Å²) in [5, 5.41) is 13.4. The van der Waals surface area contributed by atoms with Crippen LogP contribution >= 0.6 is 15.9 Å². The molecule has 120 valence electrons. The molecule has 0 bridgehead atoms. The minimum atomic E-state index is -0.491. The van der Waals surface area contributed by atoms with E-state index in [9.17, 15) is 14.9 Å². The molecule has 0 atom stereocenters. The second-order valence-electron chi connectivity index (χ2n) is 5.16. The predicted octanol–water partition coefficient (Wildman–Crippen LogP) is 3.43. The number of rotatable bonds is 6. The SMILES string of the molecule is CN(CC(=O)Nc1cccc([N+](=O)[O-])c1)Cc1cccc(Br)c1. The van der Waals surface area contributed by atoms with E-state index >= 15 is 0 Å². The lowest BCUT2D eigenvalue weighted by Crippen LogP contribution is -2.29. The third kappa shape index (κ3) is 5.46. The fraction of sp³-hybridized carbons (Fsp3) is 0.188. The third-order valence-electron chi connectivity index (χ3n) is 3.10. The molecular weight excluding hydrogens is 362 g/mol. The van der Waals surface area contributed by atoms with Gasteiger partial charge in [0.25, 0.3) is 5.69 Å². The van der Waals surface area contributed by atoms with E-state index in [1.54, 1.807) is 12.1 Å². The monoisotopic (exact) mass is 377 g/mol. The van der Waals surface area contributed by atoms with Crippen molar-refractivity contribution in [3.05, 3.63) is 68.7 Å². The van der Waals surface area contributed by atoms with Crippen molar-refractivity contribution in [2.75, 3.05) is 18.9 Å². The largest absolute Gasteiger partial charge is 0.325 e. The number of likely N-dealkylation sites (N-methyl/N-ethyl adjacent to an activating group) is 1. The Morgan fingerprint density at radius 2 is 2.00 bits per heavy atom. The van der Waals surface area contributed by atoms with Gasteiger partial charge in [-0.15, -0.1) is 0 Å². The van der Waals surface area contributed by atoms with Crippen molar-refractivity contribution < 1.29 is 9.72 Å². The highest BCUT2D eigenvalue weighted by molar-refractivity contribution is 9.10. The van der Waals surface area contributed by atoms with Crippen LogP contribution in [0.15, 0.2) is 53.0 Å². The van der Waals surface area contributed by atoms with Crippen LogP contribution in [-0.4, -0.2) is 29.3 Å². The lowest BCUT2D eigenvalue weighted by molar-refractivity contribution is -0.384. The maximum absolute atomic E-state index is 12.0. The summed E-state index contributed by atoms with van der Waals surface area (Å²) in [6.45, 7) is 0.816. The van der Waals surface area contributed by atoms with Gasteiger partial charge in [0.2, 0.25) is 5.91 Å². The number of nitrogens with one attached hydrogen (secondary N) is 1. The first-order valence-electron chi connectivity index (χ1n) is 6.91. The summed E-state index contributed by atoms with van der Waals surface area (Å²) in [5.74, 6) is -0.219. The van der Waals surface area contributed by atoms with Crippen LogP contribution in [0.3, 0.4) is 0 Å². The molecule has 0 aromatic heterocycles. The predicted molar refractivity (Wildman–Crippen MR) is 92.2 cm³/mol. The molecule has 0 saturated heterocycles. The van der Waals surface area contributed by atoms with Crippen molar-refractivity contribution in [1.29, 1.82) is 0 Å². The Morgan fingerprint density at radius 1 is 1.26 bits per heavy atom. The summed E-state index contributed by atoms with van der Waals surface area (Å²) in [4.78, 5) is 24.1. The minimum absolute atomic E-state index is 0.0507. The number of non-ortho nitro benzene ring substituents is 1. The van der Waals surface area contributed by atoms with Crippen molar-refractivity contribution in [1.82, 2.24) is 4.90 Å². The van der Waals surface area contributed by atoms with Crippen molar-refractivity contribution in [2.45, 2.75) is 6.54 Å². The molecule has 6 nitrogen and oxygen atoms in total. The van der Waals surface area contributed by atoms with Gasteiger partial charge in [-0.05, 0) is 30.8 Å². The third-order valence-corrected chi connectivity index (χ3v) is 3.59. The number of carbonyl (C=O) groups excluding carboxylic acids is 1. The number of hydrogen-bond acceptors (Lipinski definition) is 4. The lowest BCUT2D eigenvalue weighted by atomic mass is 10.2. The molecule has 0 aliphatic heterocycles.